The molecule has 2 rings (SSSR count). The summed E-state index contributed by atoms with van der Waals surface area (Å²) in [5.74, 6) is 0. The number of benzene rings is 1. The number of nitriles is 1. The van der Waals surface area contributed by atoms with Crippen LogP contribution >= 0.6 is 15.9 Å². The largest absolute Gasteiger partial charge is 0.383 e. The first-order chi connectivity index (χ1) is 9.03. The van der Waals surface area contributed by atoms with E-state index in [4.69, 9.17) is 5.26 Å². The zero-order valence-electron chi connectivity index (χ0n) is 11.5. The summed E-state index contributed by atoms with van der Waals surface area (Å²) in [4.78, 5) is 0. The summed E-state index contributed by atoms with van der Waals surface area (Å²) in [7, 11) is 0. The van der Waals surface area contributed by atoms with E-state index in [-0.39, 0.29) is 0 Å². The molecule has 1 aromatic carbocycles. The molecule has 4 heteroatoms. The Hall–Kier alpha value is -1.05. The number of hydrogen-bond acceptors (Lipinski definition) is 3. The van der Waals surface area contributed by atoms with Crippen LogP contribution in [0, 0.1) is 16.7 Å². The summed E-state index contributed by atoms with van der Waals surface area (Å²) in [6, 6.07) is 8.40. The van der Waals surface area contributed by atoms with Crippen molar-refractivity contribution in [3.05, 3.63) is 28.2 Å². The summed E-state index contributed by atoms with van der Waals surface area (Å²) >= 11 is 3.42. The van der Waals surface area contributed by atoms with Crippen LogP contribution in [0.2, 0.25) is 0 Å². The van der Waals surface area contributed by atoms with Gasteiger partial charge in [0.15, 0.2) is 0 Å². The molecule has 19 heavy (non-hydrogen) atoms. The average molecular weight is 322 g/mol. The maximum atomic E-state index is 8.90. The Morgan fingerprint density at radius 2 is 2.32 bits per heavy atom. The molecule has 1 fully saturated rings. The maximum absolute atomic E-state index is 8.90. The smallest absolute Gasteiger partial charge is 0.100 e. The van der Waals surface area contributed by atoms with E-state index < -0.39 is 0 Å². The summed E-state index contributed by atoms with van der Waals surface area (Å²) < 4.78 is 0.843. The minimum atomic E-state index is 0.328. The van der Waals surface area contributed by atoms with Gasteiger partial charge in [0.2, 0.25) is 0 Å². The third kappa shape index (κ3) is 3.49. The third-order valence-electron chi connectivity index (χ3n) is 3.93. The lowest BCUT2D eigenvalue weighted by atomic mass is 9.77. The molecule has 1 aliphatic rings. The van der Waals surface area contributed by atoms with Crippen molar-refractivity contribution in [3.63, 3.8) is 0 Å². The fraction of sp³-hybridized carbons (Fsp3) is 0.533. The van der Waals surface area contributed by atoms with E-state index >= 15 is 0 Å². The first-order valence-electron chi connectivity index (χ1n) is 6.70. The highest BCUT2D eigenvalue weighted by atomic mass is 79.9. The molecular formula is C15H20BrN3. The molecule has 1 atom stereocenters. The van der Waals surface area contributed by atoms with Crippen molar-refractivity contribution in [2.45, 2.75) is 32.7 Å². The Morgan fingerprint density at radius 1 is 1.53 bits per heavy atom. The van der Waals surface area contributed by atoms with Gasteiger partial charge < -0.3 is 10.6 Å². The van der Waals surface area contributed by atoms with E-state index in [0.717, 1.165) is 23.2 Å². The number of nitrogens with zero attached hydrogens (tertiary/aromatic N) is 1. The van der Waals surface area contributed by atoms with Crippen molar-refractivity contribution in [1.82, 2.24) is 5.32 Å². The number of anilines is 1. The van der Waals surface area contributed by atoms with Gasteiger partial charge in [0.1, 0.15) is 6.07 Å². The second-order valence-corrected chi connectivity index (χ2v) is 6.64. The molecule has 2 N–H and O–H groups in total. The van der Waals surface area contributed by atoms with E-state index in [1.807, 2.05) is 18.2 Å². The molecule has 0 bridgehead atoms. The van der Waals surface area contributed by atoms with Gasteiger partial charge in [-0.15, -0.1) is 0 Å². The highest BCUT2D eigenvalue weighted by Gasteiger charge is 2.31. The Labute approximate surface area is 123 Å². The molecule has 0 radical (unpaired) electrons. The number of piperidine rings is 1. The van der Waals surface area contributed by atoms with Crippen LogP contribution < -0.4 is 10.6 Å². The molecule has 0 aromatic heterocycles. The van der Waals surface area contributed by atoms with E-state index in [1.165, 1.54) is 12.8 Å². The summed E-state index contributed by atoms with van der Waals surface area (Å²) in [5, 5.41) is 16.0. The highest BCUT2D eigenvalue weighted by Crippen LogP contribution is 2.30. The van der Waals surface area contributed by atoms with Crippen LogP contribution in [0.15, 0.2) is 22.7 Å². The second kappa shape index (κ2) is 5.94. The fourth-order valence-corrected chi connectivity index (χ4v) is 3.02. The molecule has 0 amide bonds. The van der Waals surface area contributed by atoms with Crippen LogP contribution in [0.25, 0.3) is 0 Å². The zero-order valence-corrected chi connectivity index (χ0v) is 13.0. The highest BCUT2D eigenvalue weighted by molar-refractivity contribution is 9.10. The normalized spacial score (nSPS) is 21.7. The van der Waals surface area contributed by atoms with Crippen molar-refractivity contribution in [3.8, 4) is 6.07 Å². The molecule has 0 spiro atoms. The zero-order chi connectivity index (χ0) is 13.9. The van der Waals surface area contributed by atoms with Gasteiger partial charge in [0, 0.05) is 22.7 Å². The molecule has 1 aromatic rings. The predicted octanol–water partition coefficient (Wildman–Crippen LogP) is 3.51. The quantitative estimate of drug-likeness (QED) is 0.895. The third-order valence-corrected chi connectivity index (χ3v) is 4.59. The van der Waals surface area contributed by atoms with Crippen molar-refractivity contribution in [2.24, 2.45) is 5.41 Å². The van der Waals surface area contributed by atoms with E-state index in [1.54, 1.807) is 0 Å². The molecule has 1 saturated heterocycles. The van der Waals surface area contributed by atoms with Gasteiger partial charge >= 0.3 is 0 Å². The molecule has 1 unspecified atom stereocenters. The average Bonchev–Trinajstić information content (AvgIpc) is 2.37. The van der Waals surface area contributed by atoms with Crippen LogP contribution in [-0.4, -0.2) is 19.1 Å². The topological polar surface area (TPSA) is 47.8 Å². The Morgan fingerprint density at radius 3 is 2.95 bits per heavy atom. The van der Waals surface area contributed by atoms with Crippen molar-refractivity contribution >= 4 is 21.6 Å². The van der Waals surface area contributed by atoms with E-state index in [9.17, 15) is 0 Å². The van der Waals surface area contributed by atoms with Gasteiger partial charge in [-0.2, -0.15) is 5.26 Å². The molecule has 0 saturated carbocycles. The molecule has 3 nitrogen and oxygen atoms in total. The van der Waals surface area contributed by atoms with Gasteiger partial charge in [-0.3, -0.25) is 0 Å². The second-order valence-electron chi connectivity index (χ2n) is 5.79. The van der Waals surface area contributed by atoms with Gasteiger partial charge in [0.05, 0.1) is 5.56 Å². The minimum Gasteiger partial charge on any atom is -0.383 e. The van der Waals surface area contributed by atoms with Gasteiger partial charge in [-0.1, -0.05) is 13.8 Å². The van der Waals surface area contributed by atoms with E-state index in [0.29, 0.717) is 17.0 Å². The molecule has 0 aliphatic carbocycles. The maximum Gasteiger partial charge on any atom is 0.100 e. The number of hydrogen-bond donors (Lipinski definition) is 2. The Bertz CT molecular complexity index is 491. The Balaban J connectivity index is 1.99. The summed E-state index contributed by atoms with van der Waals surface area (Å²) in [6.07, 6.45) is 2.52. The lowest BCUT2D eigenvalue weighted by Gasteiger charge is -2.39. The van der Waals surface area contributed by atoms with Crippen molar-refractivity contribution in [1.29, 1.82) is 5.26 Å². The monoisotopic (exact) mass is 321 g/mol. The van der Waals surface area contributed by atoms with Crippen molar-refractivity contribution < 1.29 is 0 Å². The fourth-order valence-electron chi connectivity index (χ4n) is 2.55. The summed E-state index contributed by atoms with van der Waals surface area (Å²) in [6.45, 7) is 6.65. The SMILES string of the molecule is CC1(C)CCCNC1CNc1ccc(C#N)c(Br)c1. The van der Waals surface area contributed by atoms with Gasteiger partial charge in [-0.25, -0.2) is 0 Å². The Kier molecular flexibility index (Phi) is 4.49. The molecule has 1 heterocycles. The van der Waals surface area contributed by atoms with Gasteiger partial charge in [-0.05, 0) is 58.9 Å². The summed E-state index contributed by atoms with van der Waals surface area (Å²) in [5.41, 5.74) is 2.05. The van der Waals surface area contributed by atoms with Gasteiger partial charge in [0.25, 0.3) is 0 Å². The van der Waals surface area contributed by atoms with Crippen LogP contribution in [0.5, 0.6) is 0 Å². The minimum absolute atomic E-state index is 0.328. The first-order valence-corrected chi connectivity index (χ1v) is 7.49. The standard InChI is InChI=1S/C15H20BrN3/c1-15(2)6-3-7-18-14(15)10-19-12-5-4-11(9-17)13(16)8-12/h4-5,8,14,18-19H,3,6-7,10H2,1-2H3. The van der Waals surface area contributed by atoms with E-state index in [2.05, 4.69) is 46.5 Å². The van der Waals surface area contributed by atoms with Crippen molar-refractivity contribution in [2.75, 3.05) is 18.4 Å². The number of halogens is 1. The van der Waals surface area contributed by atoms with Crippen LogP contribution in [0.4, 0.5) is 5.69 Å². The number of rotatable bonds is 3. The molecular weight excluding hydrogens is 302 g/mol. The van der Waals surface area contributed by atoms with Crippen LogP contribution in [0.3, 0.4) is 0 Å². The lowest BCUT2D eigenvalue weighted by molar-refractivity contribution is 0.188. The molecule has 102 valence electrons. The molecule has 1 aliphatic heterocycles. The predicted molar refractivity (Wildman–Crippen MR) is 82.2 cm³/mol. The lowest BCUT2D eigenvalue weighted by Crippen LogP contribution is -2.50. The van der Waals surface area contributed by atoms with Crippen LogP contribution in [0.1, 0.15) is 32.3 Å². The first kappa shape index (κ1) is 14.4. The number of nitrogens with one attached hydrogen (secondary N) is 2. The van der Waals surface area contributed by atoms with Crippen LogP contribution in [-0.2, 0) is 0 Å².